The predicted molar refractivity (Wildman–Crippen MR) is 23.0 cm³/mol. The summed E-state index contributed by atoms with van der Waals surface area (Å²) in [5, 5.41) is 0. The molecule has 0 saturated heterocycles. The van der Waals surface area contributed by atoms with Crippen LogP contribution in [0.3, 0.4) is 0 Å². The minimum atomic E-state index is 0. The molecule has 0 atom stereocenters. The zero-order chi connectivity index (χ0) is 0. The van der Waals surface area contributed by atoms with E-state index in [2.05, 4.69) is 0 Å². The van der Waals surface area contributed by atoms with Crippen LogP contribution >= 0.6 is 0 Å². The van der Waals surface area contributed by atoms with Crippen molar-refractivity contribution in [2.24, 2.45) is 0 Å². The van der Waals surface area contributed by atoms with Gasteiger partial charge in [0.1, 0.15) is 0 Å². The third-order valence-corrected chi connectivity index (χ3v) is 0. The van der Waals surface area contributed by atoms with Crippen molar-refractivity contribution in [1.29, 1.82) is 0 Å². The monoisotopic (exact) mass is 159 g/mol. The first-order valence-corrected chi connectivity index (χ1v) is 0. The molecule has 0 aromatic carbocycles. The van der Waals surface area contributed by atoms with E-state index in [0.29, 0.717) is 0 Å². The SMILES string of the molecule is [Ca].[Li].[Mg].[Sr]. The van der Waals surface area contributed by atoms with E-state index in [1.165, 1.54) is 0 Å². The molecule has 0 rings (SSSR count). The maximum absolute atomic E-state index is 0. The standard InChI is InChI=1S/Ca.Li.Mg.Sr. The minimum Gasteiger partial charge on any atom is 0 e. The molecule has 0 heterocycles. The van der Waals surface area contributed by atoms with Crippen molar-refractivity contribution in [2.45, 2.75) is 0 Å². The zero-order valence-corrected chi connectivity index (χ0v) is 10.2. The Balaban J connectivity index is 0. The normalized spacial score (nSPS) is 0. The smallest absolute Gasteiger partial charge is 0 e. The molecule has 7 radical (unpaired) electrons. The molecule has 4 heavy (non-hydrogen) atoms. The van der Waals surface area contributed by atoms with Crippen LogP contribution in [0.25, 0.3) is 0 Å². The average Bonchev–Trinajstić information content (AvgIpc) is 0. The Kier molecular flexibility index (Phi) is 95.4. The largest absolute Gasteiger partial charge is 0 e. The zero-order valence-electron chi connectivity index (χ0n) is 3.12. The van der Waals surface area contributed by atoms with Crippen LogP contribution in [-0.4, -0.2) is 125 Å². The topological polar surface area (TPSA) is 0 Å². The summed E-state index contributed by atoms with van der Waals surface area (Å²) in [5.41, 5.74) is 0. The molecule has 0 saturated carbocycles. The van der Waals surface area contributed by atoms with Crippen molar-refractivity contribution in [3.63, 3.8) is 0 Å². The van der Waals surface area contributed by atoms with E-state index in [1.54, 1.807) is 0 Å². The summed E-state index contributed by atoms with van der Waals surface area (Å²) in [6, 6.07) is 0. The van der Waals surface area contributed by atoms with Gasteiger partial charge in [-0.2, -0.15) is 0 Å². The number of hydrogen-bond acceptors (Lipinski definition) is 0. The molecule has 0 N–H and O–H groups in total. The van der Waals surface area contributed by atoms with E-state index in [4.69, 9.17) is 0 Å². The van der Waals surface area contributed by atoms with Gasteiger partial charge in [-0.3, -0.25) is 0 Å². The van der Waals surface area contributed by atoms with Gasteiger partial charge >= 0.3 is 0 Å². The van der Waals surface area contributed by atoms with E-state index in [1.807, 2.05) is 0 Å². The van der Waals surface area contributed by atoms with Crippen molar-refractivity contribution in [3.8, 4) is 0 Å². The first-order valence-electron chi connectivity index (χ1n) is 0. The van der Waals surface area contributed by atoms with E-state index in [0.717, 1.165) is 0 Å². The van der Waals surface area contributed by atoms with Crippen molar-refractivity contribution >= 4 is 125 Å². The third kappa shape index (κ3) is 9.44. The van der Waals surface area contributed by atoms with Gasteiger partial charge in [0.05, 0.1) is 0 Å². The van der Waals surface area contributed by atoms with Crippen molar-refractivity contribution < 1.29 is 0 Å². The molecule has 0 bridgehead atoms. The number of rotatable bonds is 0. The van der Waals surface area contributed by atoms with Gasteiger partial charge in [0, 0.05) is 125 Å². The van der Waals surface area contributed by atoms with E-state index >= 15 is 0 Å². The molecule has 0 aromatic rings. The molecule has 0 fully saturated rings. The van der Waals surface area contributed by atoms with Crippen LogP contribution in [0.1, 0.15) is 0 Å². The van der Waals surface area contributed by atoms with Crippen LogP contribution in [0, 0.1) is 0 Å². The maximum Gasteiger partial charge on any atom is 0 e. The van der Waals surface area contributed by atoms with Crippen LogP contribution in [0.4, 0.5) is 0 Å². The van der Waals surface area contributed by atoms with E-state index < -0.39 is 0 Å². The second kappa shape index (κ2) is 15.7. The fraction of sp³-hybridized carbons (Fsp3) is 0. The van der Waals surface area contributed by atoms with Crippen LogP contribution in [0.5, 0.6) is 0 Å². The summed E-state index contributed by atoms with van der Waals surface area (Å²) in [7, 11) is 0. The van der Waals surface area contributed by atoms with Crippen LogP contribution in [-0.2, 0) is 0 Å². The van der Waals surface area contributed by atoms with Gasteiger partial charge in [-0.1, -0.05) is 0 Å². The Labute approximate surface area is 121 Å². The van der Waals surface area contributed by atoms with Crippen LogP contribution < -0.4 is 0 Å². The van der Waals surface area contributed by atoms with Gasteiger partial charge in [-0.15, -0.1) is 0 Å². The van der Waals surface area contributed by atoms with E-state index in [9.17, 15) is 0 Å². The van der Waals surface area contributed by atoms with Gasteiger partial charge in [-0.05, 0) is 0 Å². The first-order chi connectivity index (χ1) is 0. The van der Waals surface area contributed by atoms with Gasteiger partial charge in [0.25, 0.3) is 0 Å². The van der Waals surface area contributed by atoms with Crippen LogP contribution in [0.2, 0.25) is 0 Å². The second-order valence-electron chi connectivity index (χ2n) is 0. The fourth-order valence-electron chi connectivity index (χ4n) is 0. The molecule has 0 amide bonds. The number of hydrogen-bond donors (Lipinski definition) is 0. The summed E-state index contributed by atoms with van der Waals surface area (Å²) in [5.74, 6) is 0. The summed E-state index contributed by atoms with van der Waals surface area (Å²) in [6.45, 7) is 0. The Morgan fingerprint density at radius 2 is 1.00 bits per heavy atom. The molecule has 0 aliphatic rings. The molecule has 0 unspecified atom stereocenters. The average molecular weight is 159 g/mol. The van der Waals surface area contributed by atoms with Gasteiger partial charge in [-0.25, -0.2) is 0 Å². The summed E-state index contributed by atoms with van der Waals surface area (Å²) in [6.07, 6.45) is 0. The Hall–Kier alpha value is 4.10. The summed E-state index contributed by atoms with van der Waals surface area (Å²) < 4.78 is 0. The van der Waals surface area contributed by atoms with Gasteiger partial charge in [0.15, 0.2) is 0 Å². The first kappa shape index (κ1) is 24.3. The van der Waals surface area contributed by atoms with Crippen molar-refractivity contribution in [3.05, 3.63) is 0 Å². The van der Waals surface area contributed by atoms with Crippen molar-refractivity contribution in [2.75, 3.05) is 0 Å². The maximum atomic E-state index is 0. The minimum absolute atomic E-state index is 0. The predicted octanol–water partition coefficient (Wildman–Crippen LogP) is -1.52. The summed E-state index contributed by atoms with van der Waals surface area (Å²) >= 11 is 0. The Bertz CT molecular complexity index is 8.00. The molecule has 0 aliphatic heterocycles. The Morgan fingerprint density at radius 1 is 1.00 bits per heavy atom. The van der Waals surface area contributed by atoms with Gasteiger partial charge < -0.3 is 0 Å². The summed E-state index contributed by atoms with van der Waals surface area (Å²) in [4.78, 5) is 0. The third-order valence-electron chi connectivity index (χ3n) is 0. The quantitative estimate of drug-likeness (QED) is 0.376. The molecule has 0 aliphatic carbocycles. The molecule has 4 heteroatoms. The second-order valence-corrected chi connectivity index (χ2v) is 0. The fourth-order valence-corrected chi connectivity index (χ4v) is 0. The van der Waals surface area contributed by atoms with Gasteiger partial charge in [0.2, 0.25) is 0 Å². The molecular weight excluding hydrogens is 159 g/mol. The Morgan fingerprint density at radius 3 is 1.00 bits per heavy atom. The van der Waals surface area contributed by atoms with E-state index in [-0.39, 0.29) is 125 Å². The molecule has 0 aromatic heterocycles. The molecule has 0 nitrogen and oxygen atoms in total. The van der Waals surface area contributed by atoms with Crippen LogP contribution in [0.15, 0.2) is 0 Å². The molecular formula is CaLiMgSr. The van der Waals surface area contributed by atoms with Crippen molar-refractivity contribution in [1.82, 2.24) is 0 Å². The molecule has 0 spiro atoms. The molecule has 7 valence electrons.